The van der Waals surface area contributed by atoms with Gasteiger partial charge in [-0.15, -0.1) is 23.1 Å². The number of hydrogen-bond acceptors (Lipinski definition) is 7. The minimum absolute atomic E-state index is 0.0582. The number of nitrogens with zero attached hydrogens (tertiary/aromatic N) is 1. The van der Waals surface area contributed by atoms with Crippen molar-refractivity contribution in [2.75, 3.05) is 16.4 Å². The van der Waals surface area contributed by atoms with E-state index < -0.39 is 23.4 Å². The monoisotopic (exact) mass is 551 g/mol. The van der Waals surface area contributed by atoms with Gasteiger partial charge in [0.15, 0.2) is 5.13 Å². The summed E-state index contributed by atoms with van der Waals surface area (Å²) in [4.78, 5) is 52.8. The van der Waals surface area contributed by atoms with Crippen molar-refractivity contribution in [3.63, 3.8) is 0 Å². The van der Waals surface area contributed by atoms with Crippen molar-refractivity contribution >= 4 is 57.7 Å². The number of aromatic nitrogens is 1. The van der Waals surface area contributed by atoms with Crippen LogP contribution in [0.4, 0.5) is 15.2 Å². The molecule has 0 saturated carbocycles. The topological polar surface area (TPSA) is 146 Å². The summed E-state index contributed by atoms with van der Waals surface area (Å²) in [6, 6.07) is 15.7. The first-order chi connectivity index (χ1) is 18.2. The molecule has 0 aliphatic heterocycles. The van der Waals surface area contributed by atoms with E-state index in [0.29, 0.717) is 21.4 Å². The molecule has 0 radical (unpaired) electrons. The third-order valence-electron chi connectivity index (χ3n) is 5.09. The Labute approximate surface area is 223 Å². The molecule has 0 unspecified atom stereocenters. The summed E-state index contributed by atoms with van der Waals surface area (Å²) in [6.45, 7) is 0. The number of halogens is 1. The van der Waals surface area contributed by atoms with Gasteiger partial charge in [-0.2, -0.15) is 0 Å². The number of hydrogen-bond donors (Lipinski definition) is 4. The fraction of sp³-hybridized carbons (Fsp3) is 0.0385. The van der Waals surface area contributed by atoms with Crippen LogP contribution >= 0.6 is 23.1 Å². The molecule has 0 atom stereocenters. The van der Waals surface area contributed by atoms with E-state index in [1.807, 2.05) is 0 Å². The Morgan fingerprint density at radius 3 is 2.37 bits per heavy atom. The largest absolute Gasteiger partial charge is 0.478 e. The van der Waals surface area contributed by atoms with Gasteiger partial charge < -0.3 is 20.8 Å². The van der Waals surface area contributed by atoms with Crippen molar-refractivity contribution in [2.24, 2.45) is 0 Å². The van der Waals surface area contributed by atoms with Crippen LogP contribution in [0, 0.1) is 5.82 Å². The van der Waals surface area contributed by atoms with E-state index >= 15 is 0 Å². The quantitative estimate of drug-likeness (QED) is 0.204. The summed E-state index contributed by atoms with van der Waals surface area (Å²) in [5, 5.41) is 25.9. The lowest BCUT2D eigenvalue weighted by molar-refractivity contribution is -0.113. The standard InChI is InChI=1S/C26H18FN3O6S2/c27-16-7-4-14(5-8-16)21-12-38-26(29-21)30-22(31)13-37-18-3-1-2-17(11-18)28-23(32)19-9-6-15(24(33)34)10-20(19)25(35)36/h1-12H,13H2,(H,28,32)(H,33,34)(H,35,36)(H,29,30,31). The Morgan fingerprint density at radius 2 is 1.66 bits per heavy atom. The molecule has 0 bridgehead atoms. The number of aromatic carboxylic acids is 2. The van der Waals surface area contributed by atoms with Gasteiger partial charge in [0, 0.05) is 21.5 Å². The Bertz CT molecular complexity index is 1540. The molecule has 2 amide bonds. The second-order valence-electron chi connectivity index (χ2n) is 7.73. The van der Waals surface area contributed by atoms with Gasteiger partial charge in [-0.3, -0.25) is 9.59 Å². The molecule has 0 saturated heterocycles. The van der Waals surface area contributed by atoms with Gasteiger partial charge in [-0.25, -0.2) is 19.0 Å². The van der Waals surface area contributed by atoms with E-state index in [1.54, 1.807) is 41.8 Å². The van der Waals surface area contributed by atoms with Crippen LogP contribution in [0.2, 0.25) is 0 Å². The number of thiazole rings is 1. The molecular weight excluding hydrogens is 533 g/mol. The maximum absolute atomic E-state index is 13.1. The molecule has 0 aliphatic rings. The highest BCUT2D eigenvalue weighted by Crippen LogP contribution is 2.26. The number of carbonyl (C=O) groups is 4. The Hall–Kier alpha value is -4.55. The molecule has 4 rings (SSSR count). The van der Waals surface area contributed by atoms with Gasteiger partial charge in [0.1, 0.15) is 5.82 Å². The summed E-state index contributed by atoms with van der Waals surface area (Å²) in [5.41, 5.74) is 0.829. The number of thioether (sulfide) groups is 1. The molecule has 0 fully saturated rings. The number of carboxylic acids is 2. The molecule has 192 valence electrons. The molecule has 4 aromatic rings. The normalized spacial score (nSPS) is 10.6. The van der Waals surface area contributed by atoms with E-state index in [1.165, 1.54) is 35.2 Å². The smallest absolute Gasteiger partial charge is 0.336 e. The first kappa shape index (κ1) is 26.5. The molecule has 4 N–H and O–H groups in total. The minimum atomic E-state index is -1.43. The van der Waals surface area contributed by atoms with Crippen LogP contribution in [-0.2, 0) is 4.79 Å². The van der Waals surface area contributed by atoms with Crippen molar-refractivity contribution in [3.05, 3.63) is 94.6 Å². The number of anilines is 2. The predicted molar refractivity (Wildman–Crippen MR) is 142 cm³/mol. The molecule has 38 heavy (non-hydrogen) atoms. The average Bonchev–Trinajstić information content (AvgIpc) is 3.36. The zero-order valence-electron chi connectivity index (χ0n) is 19.3. The molecule has 1 heterocycles. The summed E-state index contributed by atoms with van der Waals surface area (Å²) in [5.74, 6) is -4.05. The molecular formula is C26H18FN3O6S2. The highest BCUT2D eigenvalue weighted by atomic mass is 32.2. The SMILES string of the molecule is O=C(CSc1cccc(NC(=O)c2ccc(C(=O)O)cc2C(=O)O)c1)Nc1nc(-c2ccc(F)cc2)cs1. The highest BCUT2D eigenvalue weighted by Gasteiger charge is 2.19. The lowest BCUT2D eigenvalue weighted by Crippen LogP contribution is -2.17. The van der Waals surface area contributed by atoms with Crippen LogP contribution in [0.15, 0.2) is 77.0 Å². The zero-order valence-corrected chi connectivity index (χ0v) is 20.9. The Kier molecular flexibility index (Phi) is 8.14. The highest BCUT2D eigenvalue weighted by molar-refractivity contribution is 8.00. The van der Waals surface area contributed by atoms with Gasteiger partial charge in [0.05, 0.1) is 28.1 Å². The van der Waals surface area contributed by atoms with Crippen LogP contribution < -0.4 is 10.6 Å². The van der Waals surface area contributed by atoms with E-state index in [0.717, 1.165) is 23.8 Å². The third kappa shape index (κ3) is 6.60. The number of amides is 2. The third-order valence-corrected chi connectivity index (χ3v) is 6.85. The second-order valence-corrected chi connectivity index (χ2v) is 9.64. The summed E-state index contributed by atoms with van der Waals surface area (Å²) < 4.78 is 13.1. The minimum Gasteiger partial charge on any atom is -0.478 e. The van der Waals surface area contributed by atoms with Crippen LogP contribution in [-0.4, -0.2) is 44.7 Å². The fourth-order valence-corrected chi connectivity index (χ4v) is 4.79. The van der Waals surface area contributed by atoms with Crippen molar-refractivity contribution in [3.8, 4) is 11.3 Å². The van der Waals surface area contributed by atoms with Gasteiger partial charge >= 0.3 is 11.9 Å². The Balaban J connectivity index is 1.36. The maximum Gasteiger partial charge on any atom is 0.336 e. The van der Waals surface area contributed by atoms with Crippen LogP contribution in [0.25, 0.3) is 11.3 Å². The van der Waals surface area contributed by atoms with Crippen molar-refractivity contribution < 1.29 is 33.8 Å². The molecule has 12 heteroatoms. The van der Waals surface area contributed by atoms with Crippen molar-refractivity contribution in [2.45, 2.75) is 4.90 Å². The fourth-order valence-electron chi connectivity index (χ4n) is 3.30. The van der Waals surface area contributed by atoms with Crippen molar-refractivity contribution in [1.29, 1.82) is 0 Å². The number of carboxylic acid groups (broad SMARTS) is 2. The zero-order chi connectivity index (χ0) is 27.2. The molecule has 1 aromatic heterocycles. The lowest BCUT2D eigenvalue weighted by Gasteiger charge is -2.10. The maximum atomic E-state index is 13.1. The van der Waals surface area contributed by atoms with Crippen molar-refractivity contribution in [1.82, 2.24) is 4.98 Å². The molecule has 0 aliphatic carbocycles. The summed E-state index contributed by atoms with van der Waals surface area (Å²) >= 11 is 2.46. The second kappa shape index (κ2) is 11.7. The number of benzene rings is 3. The van der Waals surface area contributed by atoms with Gasteiger partial charge in [0.2, 0.25) is 5.91 Å². The average molecular weight is 552 g/mol. The van der Waals surface area contributed by atoms with Crippen LogP contribution in [0.3, 0.4) is 0 Å². The van der Waals surface area contributed by atoms with E-state index in [-0.39, 0.29) is 28.6 Å². The predicted octanol–water partition coefficient (Wildman–Crippen LogP) is 5.33. The van der Waals surface area contributed by atoms with E-state index in [9.17, 15) is 28.7 Å². The first-order valence-corrected chi connectivity index (χ1v) is 12.7. The lowest BCUT2D eigenvalue weighted by atomic mass is 10.0. The number of rotatable bonds is 9. The Morgan fingerprint density at radius 1 is 0.895 bits per heavy atom. The van der Waals surface area contributed by atoms with E-state index in [4.69, 9.17) is 5.11 Å². The van der Waals surface area contributed by atoms with Gasteiger partial charge in [0.25, 0.3) is 5.91 Å². The van der Waals surface area contributed by atoms with Crippen LogP contribution in [0.5, 0.6) is 0 Å². The van der Waals surface area contributed by atoms with Crippen LogP contribution in [0.1, 0.15) is 31.1 Å². The first-order valence-electron chi connectivity index (χ1n) is 10.9. The van der Waals surface area contributed by atoms with E-state index in [2.05, 4.69) is 15.6 Å². The molecule has 9 nitrogen and oxygen atoms in total. The van der Waals surface area contributed by atoms with Gasteiger partial charge in [-0.05, 0) is 60.7 Å². The number of carbonyl (C=O) groups excluding carboxylic acids is 2. The number of nitrogens with one attached hydrogen (secondary N) is 2. The van der Waals surface area contributed by atoms with Gasteiger partial charge in [-0.1, -0.05) is 6.07 Å². The summed E-state index contributed by atoms with van der Waals surface area (Å²) in [6.07, 6.45) is 0. The molecule has 3 aromatic carbocycles. The summed E-state index contributed by atoms with van der Waals surface area (Å²) in [7, 11) is 0. The molecule has 0 spiro atoms.